The summed E-state index contributed by atoms with van der Waals surface area (Å²) in [5, 5.41) is 16.3. The molecule has 0 aliphatic rings. The number of hydrogen-bond donors (Lipinski definition) is 3. The summed E-state index contributed by atoms with van der Waals surface area (Å²) in [5.41, 5.74) is 2.39. The Balaban J connectivity index is 0.00000392. The van der Waals surface area contributed by atoms with Crippen LogP contribution < -0.4 is 15.4 Å². The number of guanidine groups is 1. The van der Waals surface area contributed by atoms with Crippen LogP contribution in [0.5, 0.6) is 11.5 Å². The van der Waals surface area contributed by atoms with Crippen LogP contribution in [0.4, 0.5) is 0 Å². The van der Waals surface area contributed by atoms with Gasteiger partial charge in [-0.3, -0.25) is 9.79 Å². The van der Waals surface area contributed by atoms with Gasteiger partial charge in [-0.05, 0) is 35.9 Å². The number of amides is 1. The van der Waals surface area contributed by atoms with Gasteiger partial charge in [0.25, 0.3) is 5.91 Å². The minimum Gasteiger partial charge on any atom is -0.508 e. The lowest BCUT2D eigenvalue weighted by atomic mass is 10.1. The second kappa shape index (κ2) is 11.4. The first kappa shape index (κ1) is 23.5. The normalized spacial score (nSPS) is 10.6. The van der Waals surface area contributed by atoms with E-state index < -0.39 is 0 Å². The van der Waals surface area contributed by atoms with Crippen LogP contribution in [0.2, 0.25) is 0 Å². The van der Waals surface area contributed by atoms with Gasteiger partial charge in [0.2, 0.25) is 0 Å². The van der Waals surface area contributed by atoms with E-state index in [-0.39, 0.29) is 35.6 Å². The molecule has 0 bridgehead atoms. The summed E-state index contributed by atoms with van der Waals surface area (Å²) in [4.78, 5) is 17.6. The van der Waals surface area contributed by atoms with Crippen molar-refractivity contribution in [1.82, 2.24) is 15.5 Å². The largest absolute Gasteiger partial charge is 0.508 e. The third kappa shape index (κ3) is 6.59. The maximum Gasteiger partial charge on any atom is 0.253 e. The maximum atomic E-state index is 11.9. The number of nitrogens with one attached hydrogen (secondary N) is 2. The summed E-state index contributed by atoms with van der Waals surface area (Å²) in [6.45, 7) is 0.958. The lowest BCUT2D eigenvalue weighted by Gasteiger charge is -2.14. The summed E-state index contributed by atoms with van der Waals surface area (Å²) in [6.07, 6.45) is 0. The quantitative estimate of drug-likeness (QED) is 0.324. The van der Waals surface area contributed by atoms with Crippen molar-refractivity contribution in [2.24, 2.45) is 4.99 Å². The number of methoxy groups -OCH3 is 1. The molecule has 0 atom stereocenters. The van der Waals surface area contributed by atoms with Crippen LogP contribution in [0, 0.1) is 0 Å². The second-order valence-corrected chi connectivity index (χ2v) is 6.17. The average molecular weight is 498 g/mol. The summed E-state index contributed by atoms with van der Waals surface area (Å²) in [6, 6.07) is 12.5. The van der Waals surface area contributed by atoms with E-state index in [1.807, 2.05) is 24.3 Å². The number of carbonyl (C=O) groups is 1. The summed E-state index contributed by atoms with van der Waals surface area (Å²) < 4.78 is 5.18. The van der Waals surface area contributed by atoms with Gasteiger partial charge in [0.05, 0.1) is 7.11 Å². The molecular weight excluding hydrogens is 471 g/mol. The highest BCUT2D eigenvalue weighted by Crippen LogP contribution is 2.22. The highest BCUT2D eigenvalue weighted by Gasteiger charge is 2.08. The van der Waals surface area contributed by atoms with Gasteiger partial charge in [0.15, 0.2) is 5.96 Å². The van der Waals surface area contributed by atoms with Crippen molar-refractivity contribution in [2.75, 3.05) is 28.3 Å². The molecule has 0 saturated carbocycles. The topological polar surface area (TPSA) is 86.2 Å². The number of phenols is 1. The number of aromatic hydroxyl groups is 1. The van der Waals surface area contributed by atoms with Gasteiger partial charge in [0, 0.05) is 45.4 Å². The molecule has 1 amide bonds. The van der Waals surface area contributed by atoms with Crippen LogP contribution in [0.1, 0.15) is 21.5 Å². The van der Waals surface area contributed by atoms with E-state index in [1.54, 1.807) is 51.4 Å². The van der Waals surface area contributed by atoms with Gasteiger partial charge in [-0.1, -0.05) is 12.1 Å². The van der Waals surface area contributed by atoms with Crippen molar-refractivity contribution >= 4 is 35.8 Å². The highest BCUT2D eigenvalue weighted by atomic mass is 127. The molecule has 0 aliphatic heterocycles. The minimum absolute atomic E-state index is 0. The average Bonchev–Trinajstić information content (AvgIpc) is 2.69. The zero-order chi connectivity index (χ0) is 19.8. The number of benzene rings is 2. The summed E-state index contributed by atoms with van der Waals surface area (Å²) in [5.74, 6) is 1.45. The van der Waals surface area contributed by atoms with Crippen molar-refractivity contribution in [3.8, 4) is 11.5 Å². The van der Waals surface area contributed by atoms with Crippen LogP contribution in [-0.4, -0.2) is 50.1 Å². The number of nitrogens with zero attached hydrogens (tertiary/aromatic N) is 2. The van der Waals surface area contributed by atoms with Crippen molar-refractivity contribution in [1.29, 1.82) is 0 Å². The fourth-order valence-electron chi connectivity index (χ4n) is 2.44. The van der Waals surface area contributed by atoms with E-state index in [4.69, 9.17) is 4.74 Å². The van der Waals surface area contributed by atoms with Crippen LogP contribution in [0.3, 0.4) is 0 Å². The van der Waals surface area contributed by atoms with Crippen LogP contribution in [0.25, 0.3) is 0 Å². The molecule has 0 aromatic heterocycles. The number of hydrogen-bond acceptors (Lipinski definition) is 4. The fraction of sp³-hybridized carbons (Fsp3) is 0.300. The van der Waals surface area contributed by atoms with Crippen molar-refractivity contribution in [2.45, 2.75) is 13.1 Å². The lowest BCUT2D eigenvalue weighted by Crippen LogP contribution is -2.36. The van der Waals surface area contributed by atoms with Gasteiger partial charge in [-0.15, -0.1) is 24.0 Å². The molecule has 2 aromatic rings. The molecule has 152 valence electrons. The minimum atomic E-state index is -0.0231. The SMILES string of the molecule is CN=C(NCc1ccc(C(=O)N(C)C)cc1)NCc1cc(OC)ccc1O.I. The monoisotopic (exact) mass is 498 g/mol. The molecule has 28 heavy (non-hydrogen) atoms. The Morgan fingerprint density at radius 2 is 1.75 bits per heavy atom. The molecule has 0 unspecified atom stereocenters. The first-order valence-corrected chi connectivity index (χ1v) is 8.55. The second-order valence-electron chi connectivity index (χ2n) is 6.17. The molecular formula is C20H27IN4O3. The van der Waals surface area contributed by atoms with Gasteiger partial charge in [0.1, 0.15) is 11.5 Å². The van der Waals surface area contributed by atoms with Gasteiger partial charge in [-0.25, -0.2) is 0 Å². The molecule has 7 nitrogen and oxygen atoms in total. The molecule has 0 fully saturated rings. The Bertz CT molecular complexity index is 808. The first-order chi connectivity index (χ1) is 12.9. The molecule has 0 spiro atoms. The van der Waals surface area contributed by atoms with E-state index in [0.29, 0.717) is 35.9 Å². The number of rotatable bonds is 6. The zero-order valence-electron chi connectivity index (χ0n) is 16.5. The Hall–Kier alpha value is -2.49. The van der Waals surface area contributed by atoms with E-state index in [1.165, 1.54) is 0 Å². The van der Waals surface area contributed by atoms with E-state index in [9.17, 15) is 9.90 Å². The first-order valence-electron chi connectivity index (χ1n) is 8.55. The maximum absolute atomic E-state index is 11.9. The van der Waals surface area contributed by atoms with Crippen molar-refractivity contribution in [3.63, 3.8) is 0 Å². The summed E-state index contributed by atoms with van der Waals surface area (Å²) in [7, 11) is 6.72. The van der Waals surface area contributed by atoms with E-state index in [2.05, 4.69) is 15.6 Å². The smallest absolute Gasteiger partial charge is 0.253 e. The number of carbonyl (C=O) groups excluding carboxylic acids is 1. The summed E-state index contributed by atoms with van der Waals surface area (Å²) >= 11 is 0. The number of aliphatic imine (C=N–C) groups is 1. The van der Waals surface area contributed by atoms with Gasteiger partial charge in [-0.2, -0.15) is 0 Å². The zero-order valence-corrected chi connectivity index (χ0v) is 18.9. The van der Waals surface area contributed by atoms with E-state index >= 15 is 0 Å². The fourth-order valence-corrected chi connectivity index (χ4v) is 2.44. The molecule has 2 rings (SSSR count). The van der Waals surface area contributed by atoms with Gasteiger partial charge >= 0.3 is 0 Å². The third-order valence-electron chi connectivity index (χ3n) is 4.02. The molecule has 0 heterocycles. The van der Waals surface area contributed by atoms with E-state index in [0.717, 1.165) is 5.56 Å². The Morgan fingerprint density at radius 3 is 2.32 bits per heavy atom. The predicted octanol–water partition coefficient (Wildman–Crippen LogP) is 2.59. The number of halogens is 1. The van der Waals surface area contributed by atoms with Crippen molar-refractivity contribution < 1.29 is 14.6 Å². The molecule has 0 aliphatic carbocycles. The Kier molecular flexibility index (Phi) is 9.57. The lowest BCUT2D eigenvalue weighted by molar-refractivity contribution is 0.0827. The highest BCUT2D eigenvalue weighted by molar-refractivity contribution is 14.0. The van der Waals surface area contributed by atoms with Gasteiger partial charge < -0.3 is 25.4 Å². The van der Waals surface area contributed by atoms with Crippen LogP contribution in [-0.2, 0) is 13.1 Å². The number of ether oxygens (including phenoxy) is 1. The predicted molar refractivity (Wildman–Crippen MR) is 122 cm³/mol. The molecule has 0 radical (unpaired) electrons. The van der Waals surface area contributed by atoms with Crippen LogP contribution in [0.15, 0.2) is 47.5 Å². The Labute approximate surface area is 182 Å². The molecule has 2 aromatic carbocycles. The molecule has 0 saturated heterocycles. The molecule has 8 heteroatoms. The molecule has 3 N–H and O–H groups in total. The van der Waals surface area contributed by atoms with Crippen molar-refractivity contribution in [3.05, 3.63) is 59.2 Å². The third-order valence-corrected chi connectivity index (χ3v) is 4.02. The Morgan fingerprint density at radius 1 is 1.11 bits per heavy atom. The number of phenolic OH excluding ortho intramolecular Hbond substituents is 1. The van der Waals surface area contributed by atoms with Crippen LogP contribution >= 0.6 is 24.0 Å². The standard InChI is InChI=1S/C20H26N4O3.HI/c1-21-20(23-13-16-11-17(27-4)9-10-18(16)25)22-12-14-5-7-15(8-6-14)19(26)24(2)3;/h5-11,25H,12-13H2,1-4H3,(H2,21,22,23);1H.